The lowest BCUT2D eigenvalue weighted by Crippen LogP contribution is -2.46. The lowest BCUT2D eigenvalue weighted by Gasteiger charge is -2.43. The maximum Gasteiger partial charge on any atom is 0.161 e. The summed E-state index contributed by atoms with van der Waals surface area (Å²) >= 11 is 0. The fourth-order valence-electron chi connectivity index (χ4n) is 12.9. The minimum atomic E-state index is -3.85. The quantitative estimate of drug-likeness (QED) is 0.0926. The van der Waals surface area contributed by atoms with Gasteiger partial charge in [-0.3, -0.25) is 38.8 Å². The lowest BCUT2D eigenvalue weighted by atomic mass is 9.79. The molecule has 0 aromatic heterocycles. The van der Waals surface area contributed by atoms with Gasteiger partial charge >= 0.3 is 0 Å². The molecule has 10 atom stereocenters. The summed E-state index contributed by atoms with van der Waals surface area (Å²) in [5.74, 6) is -23.6. The Balaban J connectivity index is 0.000000271. The summed E-state index contributed by atoms with van der Waals surface area (Å²) in [6.07, 6.45) is -18.4. The van der Waals surface area contributed by atoms with E-state index < -0.39 is 287 Å². The fraction of sp³-hybridized carbons (Fsp3) is 0.650. The average Bonchev–Trinajstić information content (AvgIpc) is 0.676. The summed E-state index contributed by atoms with van der Waals surface area (Å²) in [6.45, 7) is 1.28. The average molecular weight is 1380 g/mol. The van der Waals surface area contributed by atoms with E-state index in [-0.39, 0.29) is 131 Å². The van der Waals surface area contributed by atoms with Crippen LogP contribution in [0.25, 0.3) is 0 Å². The first-order chi connectivity index (χ1) is 66.1. The number of carbonyl (C=O) groups excluding carboxylic acids is 4. The summed E-state index contributed by atoms with van der Waals surface area (Å²) in [7, 11) is -24.9. The van der Waals surface area contributed by atoms with Crippen molar-refractivity contribution in [1.29, 1.82) is 0 Å². The van der Waals surface area contributed by atoms with Crippen LogP contribution >= 0.6 is 0 Å². The van der Waals surface area contributed by atoms with Gasteiger partial charge in [-0.1, -0.05) is 82.8 Å². The van der Waals surface area contributed by atoms with E-state index in [1.807, 2.05) is 13.8 Å². The van der Waals surface area contributed by atoms with Gasteiger partial charge in [-0.2, -0.15) is 0 Å². The third-order valence-electron chi connectivity index (χ3n) is 17.3. The Morgan fingerprint density at radius 1 is 0.448 bits per heavy atom. The van der Waals surface area contributed by atoms with Crippen molar-refractivity contribution in [2.75, 3.05) is 109 Å². The molecule has 4 saturated heterocycles. The Morgan fingerprint density at radius 3 is 1.11 bits per heavy atom. The van der Waals surface area contributed by atoms with Gasteiger partial charge in [0.05, 0.1) is 100 Å². The number of ketones is 4. The smallest absolute Gasteiger partial charge is 0.161 e. The first-order valence-electron chi connectivity index (χ1n) is 57.3. The van der Waals surface area contributed by atoms with Gasteiger partial charge in [-0.25, -0.2) is 0 Å². The van der Waals surface area contributed by atoms with Crippen LogP contribution in [0.4, 0.5) is 0 Å². The molecule has 0 N–H and O–H groups in total. The molecule has 0 saturated carbocycles. The summed E-state index contributed by atoms with van der Waals surface area (Å²) in [4.78, 5) is 59.4. The predicted octanol–water partition coefficient (Wildman–Crippen LogP) is 15.0. The van der Waals surface area contributed by atoms with Crippen molar-refractivity contribution in [2.24, 2.45) is 47.2 Å². The molecule has 16 nitrogen and oxygen atoms in total. The van der Waals surface area contributed by atoms with E-state index in [1.165, 1.54) is 4.90 Å². The molecule has 12 rings (SSSR count). The number of piperidine rings is 4. The lowest BCUT2D eigenvalue weighted by molar-refractivity contribution is -0.130. The maximum atomic E-state index is 13.8. The number of ether oxygens (including phenoxy) is 8. The van der Waals surface area contributed by atoms with E-state index in [1.54, 1.807) is 4.90 Å². The number of hydrogen-bond acceptors (Lipinski definition) is 16. The third kappa shape index (κ3) is 17.6. The summed E-state index contributed by atoms with van der Waals surface area (Å²) in [5, 5.41) is 0. The van der Waals surface area contributed by atoms with Crippen LogP contribution in [0.1, 0.15) is 277 Å². The van der Waals surface area contributed by atoms with Gasteiger partial charge in [-0.05, 0) is 168 Å². The van der Waals surface area contributed by atoms with E-state index in [2.05, 4.69) is 18.7 Å². The zero-order chi connectivity index (χ0) is 114. The van der Waals surface area contributed by atoms with Gasteiger partial charge in [-0.15, -0.1) is 0 Å². The molecule has 0 aliphatic carbocycles. The van der Waals surface area contributed by atoms with Crippen LogP contribution in [0, 0.1) is 47.2 Å². The van der Waals surface area contributed by atoms with Gasteiger partial charge < -0.3 is 37.9 Å². The number of hydrogen-bond donors (Lipinski definition) is 0. The number of benzene rings is 4. The highest BCUT2D eigenvalue weighted by atomic mass is 16.5. The summed E-state index contributed by atoms with van der Waals surface area (Å²) < 4.78 is 468. The van der Waals surface area contributed by atoms with Crippen LogP contribution in [0.5, 0.6) is 46.0 Å². The number of fused-ring (bicyclic) bond motifs is 12. The van der Waals surface area contributed by atoms with Gasteiger partial charge in [0.25, 0.3) is 0 Å². The zero-order valence-electron chi connectivity index (χ0n) is 107. The second-order valence-corrected chi connectivity index (χ2v) is 24.2. The van der Waals surface area contributed by atoms with E-state index in [9.17, 15) is 19.2 Å². The van der Waals surface area contributed by atoms with Crippen molar-refractivity contribution in [3.63, 3.8) is 0 Å². The number of methoxy groups -OCH3 is 8. The third-order valence-corrected chi connectivity index (χ3v) is 17.3. The monoisotopic (exact) mass is 1380 g/mol. The van der Waals surface area contributed by atoms with Crippen molar-refractivity contribution in [3.8, 4) is 46.0 Å². The van der Waals surface area contributed by atoms with Crippen LogP contribution in [0.15, 0.2) is 48.3 Å². The Kier molecular flexibility index (Phi) is 11.5. The van der Waals surface area contributed by atoms with Gasteiger partial charge in [0, 0.05) is 156 Å². The topological polar surface area (TPSA) is 155 Å². The van der Waals surface area contributed by atoms with Crippen molar-refractivity contribution in [3.05, 3.63) is 92.8 Å². The fourth-order valence-corrected chi connectivity index (χ4v) is 12.9. The largest absolute Gasteiger partial charge is 0.493 e. The molecule has 0 spiro atoms. The van der Waals surface area contributed by atoms with E-state index in [0.29, 0.717) is 43.5 Å². The van der Waals surface area contributed by atoms with Crippen LogP contribution in [-0.2, 0) is 44.9 Å². The Bertz CT molecular complexity index is 5640. The molecule has 0 bridgehead atoms. The Labute approximate surface area is 652 Å². The van der Waals surface area contributed by atoms with Crippen LogP contribution in [0.2, 0.25) is 0 Å². The molecule has 8 aliphatic rings. The standard InChI is InChI=1S/2C20H29NO3.2C19H27NO3.2CH4/c2*1-5-13(2)8-15-12-21-7-6-14-9-19(23-3)20(24-4)10-16(14)17(21)11-18(15)22;2*1-12(2)7-14-11-20-6-5-13-8-18(22-3)19(23-4)9-15(13)16(20)10-17(14)21;;/h2*9-10,13,15,17H,5-8,11-12H2,1-4H3;2*8-9,12,14,16H,5-7,10-11H2,1-4H3;2*1H4/i2D3,3D3,4D3,5D2,8D2,9D,10D,11D2,13D,15D;2D3,3D3,4D3,5D2,8D2,9D,10D,13D;3D3,4D3,8D,9D,10D2,14D;3D3,4D3,8D,9D;;. The minimum Gasteiger partial charge on any atom is -0.493 e. The van der Waals surface area contributed by atoms with E-state index in [4.69, 9.17) is 112 Å². The van der Waals surface area contributed by atoms with Gasteiger partial charge in [0.1, 0.15) is 23.1 Å². The predicted molar refractivity (Wildman–Crippen MR) is 383 cm³/mol. The number of nitrogens with zero attached hydrogens (tertiary/aromatic N) is 4. The highest BCUT2D eigenvalue weighted by Gasteiger charge is 2.43. The number of carbonyl (C=O) groups is 4. The van der Waals surface area contributed by atoms with E-state index in [0.717, 1.165) is 18.2 Å². The van der Waals surface area contributed by atoms with Gasteiger partial charge in [0.15, 0.2) is 46.0 Å². The molecular formula is C80H120N4O12. The first-order valence-corrected chi connectivity index (χ1v) is 30.3. The molecule has 10 unspecified atom stereocenters. The highest BCUT2D eigenvalue weighted by Crippen LogP contribution is 2.48. The molecule has 16 heteroatoms. The van der Waals surface area contributed by atoms with E-state index >= 15 is 0 Å². The molecule has 8 aliphatic heterocycles. The summed E-state index contributed by atoms with van der Waals surface area (Å²) in [6, 6.07) is -9.49. The maximum absolute atomic E-state index is 13.8. The summed E-state index contributed by atoms with van der Waals surface area (Å²) in [5.41, 5.74) is 0.110. The SMILES string of the molecule is C.C.[2H]c1c2c(c([2H])c(OC([2H])([2H])[2H])c1OC([2H])([2H])[2H])C1CC(=O)C(C([2H])([2H])C([2H])(C([2H])([2H])[2H])C([2H])([2H])C)CN1CC2.[2H]c1c2c(c([2H])c(OC([2H])([2H])[2H])c1OC([2H])([2H])[2H])C1CC(=O)C(CC(C)C)CN1CC2.[2H]c1c2c(c([2H])c(OC([2H])([2H])[2H])c1OC([2H])([2H])[2H])C1N(CC2)CC([2H])(C([2H])([2H])C([2H])(C([2H])([2H])[2H])C([2H])([2H])C)C(=O)C1([2H])[2H].[2H]c1c2c(c([2H])c(OC([2H])([2H])[2H])c1OC([2H])([2H])[2H])C1N(CC2)CC([2H])(CC(C)C)C(=O)C1([2H])[2H]. The molecule has 0 radical (unpaired) electrons. The van der Waals surface area contributed by atoms with Crippen molar-refractivity contribution >= 4 is 23.1 Å². The Hall–Kier alpha value is -6.20. The van der Waals surface area contributed by atoms with Crippen LogP contribution in [0.3, 0.4) is 0 Å². The van der Waals surface area contributed by atoms with Crippen LogP contribution < -0.4 is 37.9 Å². The second-order valence-electron chi connectivity index (χ2n) is 24.2. The molecular weight excluding hydrogens is 1210 g/mol. The molecule has 0 amide bonds. The molecule has 8 heterocycles. The van der Waals surface area contributed by atoms with Crippen molar-refractivity contribution in [2.45, 2.75) is 184 Å². The molecule has 532 valence electrons. The van der Waals surface area contributed by atoms with Crippen molar-refractivity contribution < 1.29 is 131 Å². The molecule has 4 aromatic carbocycles. The minimum absolute atomic E-state index is 0. The molecule has 4 aromatic rings. The zero-order valence-corrected chi connectivity index (χ0v) is 52.6. The van der Waals surface area contributed by atoms with Gasteiger partial charge in [0.2, 0.25) is 0 Å². The first kappa shape index (κ1) is 31.6. The molecule has 4 fully saturated rings. The normalized spacial score (nSPS) is 37.5. The Morgan fingerprint density at radius 2 is 0.760 bits per heavy atom. The second kappa shape index (κ2) is 35.0. The number of Topliss-reactive ketones (excluding diaryl/α,β-unsaturated/α-hetero) is 4. The molecule has 96 heavy (non-hydrogen) atoms. The number of rotatable bonds is 18. The van der Waals surface area contributed by atoms with Crippen molar-refractivity contribution in [1.82, 2.24) is 19.6 Å². The highest BCUT2D eigenvalue weighted by molar-refractivity contribution is 5.85. The van der Waals surface area contributed by atoms with Crippen LogP contribution in [-0.4, -0.2) is 151 Å².